The summed E-state index contributed by atoms with van der Waals surface area (Å²) in [4.78, 5) is 9.51. The monoisotopic (exact) mass is 276 g/mol. The molecule has 1 fully saturated rings. The van der Waals surface area contributed by atoms with Gasteiger partial charge in [-0.2, -0.15) is 0 Å². The first kappa shape index (κ1) is 15.3. The average molecular weight is 276 g/mol. The molecule has 1 N–H and O–H groups in total. The van der Waals surface area contributed by atoms with Crippen LogP contribution in [0.5, 0.6) is 0 Å². The molecule has 1 saturated heterocycles. The standard InChI is InChI=1S/C16H28N4/c1-4-8-19-9-11-20(12-10-19)16-13-15(6-7-18-16)14(3)17-5-2/h6-7,13-14,17H,4-5,8-12H2,1-3H3. The number of anilines is 1. The van der Waals surface area contributed by atoms with Crippen molar-refractivity contribution in [3.8, 4) is 0 Å². The third kappa shape index (κ3) is 3.93. The molecule has 0 radical (unpaired) electrons. The third-order valence-electron chi connectivity index (χ3n) is 4.02. The lowest BCUT2D eigenvalue weighted by Gasteiger charge is -2.35. The molecule has 0 saturated carbocycles. The second-order valence-electron chi connectivity index (χ2n) is 5.56. The van der Waals surface area contributed by atoms with E-state index in [4.69, 9.17) is 0 Å². The highest BCUT2D eigenvalue weighted by Gasteiger charge is 2.17. The zero-order valence-corrected chi connectivity index (χ0v) is 13.1. The Balaban J connectivity index is 1.98. The molecule has 1 atom stereocenters. The number of rotatable bonds is 6. The number of nitrogens with zero attached hydrogens (tertiary/aromatic N) is 3. The van der Waals surface area contributed by atoms with Gasteiger partial charge in [0, 0.05) is 38.4 Å². The number of aromatic nitrogens is 1. The zero-order chi connectivity index (χ0) is 14.4. The van der Waals surface area contributed by atoms with Crippen LogP contribution < -0.4 is 10.2 Å². The van der Waals surface area contributed by atoms with Crippen LogP contribution in [-0.2, 0) is 0 Å². The summed E-state index contributed by atoms with van der Waals surface area (Å²) < 4.78 is 0. The molecular formula is C16H28N4. The second-order valence-corrected chi connectivity index (χ2v) is 5.56. The van der Waals surface area contributed by atoms with Crippen molar-refractivity contribution in [2.75, 3.05) is 44.2 Å². The van der Waals surface area contributed by atoms with Crippen molar-refractivity contribution in [3.63, 3.8) is 0 Å². The van der Waals surface area contributed by atoms with Gasteiger partial charge >= 0.3 is 0 Å². The van der Waals surface area contributed by atoms with E-state index in [1.54, 1.807) is 0 Å². The lowest BCUT2D eigenvalue weighted by Crippen LogP contribution is -2.46. The van der Waals surface area contributed by atoms with E-state index in [2.05, 4.69) is 53.0 Å². The summed E-state index contributed by atoms with van der Waals surface area (Å²) in [5, 5.41) is 3.46. The fraction of sp³-hybridized carbons (Fsp3) is 0.688. The average Bonchev–Trinajstić information content (AvgIpc) is 2.49. The van der Waals surface area contributed by atoms with Gasteiger partial charge in [-0.25, -0.2) is 4.98 Å². The highest BCUT2D eigenvalue weighted by Crippen LogP contribution is 2.19. The van der Waals surface area contributed by atoms with Gasteiger partial charge in [-0.3, -0.25) is 4.90 Å². The molecule has 1 aliphatic rings. The van der Waals surface area contributed by atoms with E-state index in [0.717, 1.165) is 38.5 Å². The molecule has 20 heavy (non-hydrogen) atoms. The molecule has 0 amide bonds. The Morgan fingerprint density at radius 1 is 1.25 bits per heavy atom. The lowest BCUT2D eigenvalue weighted by molar-refractivity contribution is 0.258. The second kappa shape index (κ2) is 7.60. The van der Waals surface area contributed by atoms with Gasteiger partial charge in [0.25, 0.3) is 0 Å². The fourth-order valence-corrected chi connectivity index (χ4v) is 2.82. The van der Waals surface area contributed by atoms with Crippen LogP contribution in [0, 0.1) is 0 Å². The van der Waals surface area contributed by atoms with Crippen LogP contribution in [-0.4, -0.2) is 49.2 Å². The number of hydrogen-bond acceptors (Lipinski definition) is 4. The molecule has 0 aliphatic carbocycles. The Kier molecular flexibility index (Phi) is 5.80. The fourth-order valence-electron chi connectivity index (χ4n) is 2.82. The maximum atomic E-state index is 4.56. The van der Waals surface area contributed by atoms with Gasteiger partial charge in [-0.1, -0.05) is 13.8 Å². The highest BCUT2D eigenvalue weighted by molar-refractivity contribution is 5.42. The summed E-state index contributed by atoms with van der Waals surface area (Å²) in [5.74, 6) is 1.13. The van der Waals surface area contributed by atoms with E-state index in [1.165, 1.54) is 18.5 Å². The third-order valence-corrected chi connectivity index (χ3v) is 4.02. The molecule has 1 aromatic rings. The molecule has 2 heterocycles. The predicted octanol–water partition coefficient (Wildman–Crippen LogP) is 2.28. The molecule has 112 valence electrons. The van der Waals surface area contributed by atoms with Crippen molar-refractivity contribution in [1.29, 1.82) is 0 Å². The smallest absolute Gasteiger partial charge is 0.128 e. The summed E-state index contributed by atoms with van der Waals surface area (Å²) in [6, 6.07) is 4.75. The van der Waals surface area contributed by atoms with E-state index < -0.39 is 0 Å². The Morgan fingerprint density at radius 3 is 2.65 bits per heavy atom. The lowest BCUT2D eigenvalue weighted by atomic mass is 10.1. The minimum Gasteiger partial charge on any atom is -0.354 e. The van der Waals surface area contributed by atoms with Crippen molar-refractivity contribution >= 4 is 5.82 Å². The Bertz CT molecular complexity index is 399. The van der Waals surface area contributed by atoms with Crippen LogP contribution in [0.3, 0.4) is 0 Å². The largest absolute Gasteiger partial charge is 0.354 e. The molecule has 1 aliphatic heterocycles. The zero-order valence-electron chi connectivity index (χ0n) is 13.1. The van der Waals surface area contributed by atoms with E-state index >= 15 is 0 Å². The maximum absolute atomic E-state index is 4.56. The SMILES string of the molecule is CCCN1CCN(c2cc(C(C)NCC)ccn2)CC1. The van der Waals surface area contributed by atoms with Gasteiger partial charge in [0.2, 0.25) is 0 Å². The van der Waals surface area contributed by atoms with Gasteiger partial charge < -0.3 is 10.2 Å². The van der Waals surface area contributed by atoms with Gasteiger partial charge in [0.1, 0.15) is 5.82 Å². The normalized spacial score (nSPS) is 18.2. The molecule has 0 aromatic carbocycles. The van der Waals surface area contributed by atoms with Gasteiger partial charge in [0.05, 0.1) is 0 Å². The number of nitrogens with one attached hydrogen (secondary N) is 1. The van der Waals surface area contributed by atoms with Crippen molar-refractivity contribution in [2.24, 2.45) is 0 Å². The van der Waals surface area contributed by atoms with Gasteiger partial charge in [0.15, 0.2) is 0 Å². The van der Waals surface area contributed by atoms with Crippen LogP contribution in [0.4, 0.5) is 5.82 Å². The van der Waals surface area contributed by atoms with Crippen LogP contribution >= 0.6 is 0 Å². The van der Waals surface area contributed by atoms with Crippen molar-refractivity contribution in [3.05, 3.63) is 23.9 Å². The summed E-state index contributed by atoms with van der Waals surface area (Å²) in [7, 11) is 0. The van der Waals surface area contributed by atoms with Crippen LogP contribution in [0.1, 0.15) is 38.8 Å². The number of hydrogen-bond donors (Lipinski definition) is 1. The van der Waals surface area contributed by atoms with E-state index in [1.807, 2.05) is 6.20 Å². The summed E-state index contributed by atoms with van der Waals surface area (Å²) in [6.45, 7) is 13.3. The Morgan fingerprint density at radius 2 is 2.00 bits per heavy atom. The number of piperazine rings is 1. The maximum Gasteiger partial charge on any atom is 0.128 e. The van der Waals surface area contributed by atoms with Gasteiger partial charge in [-0.15, -0.1) is 0 Å². The van der Waals surface area contributed by atoms with Crippen LogP contribution in [0.2, 0.25) is 0 Å². The van der Waals surface area contributed by atoms with Crippen LogP contribution in [0.15, 0.2) is 18.3 Å². The first-order valence-corrected chi connectivity index (χ1v) is 7.91. The Hall–Kier alpha value is -1.13. The summed E-state index contributed by atoms with van der Waals surface area (Å²) >= 11 is 0. The van der Waals surface area contributed by atoms with E-state index in [9.17, 15) is 0 Å². The summed E-state index contributed by atoms with van der Waals surface area (Å²) in [6.07, 6.45) is 3.19. The molecule has 4 nitrogen and oxygen atoms in total. The molecule has 1 aromatic heterocycles. The van der Waals surface area contributed by atoms with Crippen LogP contribution in [0.25, 0.3) is 0 Å². The van der Waals surface area contributed by atoms with E-state index in [-0.39, 0.29) is 0 Å². The molecule has 1 unspecified atom stereocenters. The van der Waals surface area contributed by atoms with Crippen molar-refractivity contribution in [2.45, 2.75) is 33.2 Å². The summed E-state index contributed by atoms with van der Waals surface area (Å²) in [5.41, 5.74) is 1.33. The minimum atomic E-state index is 0.392. The van der Waals surface area contributed by atoms with E-state index in [0.29, 0.717) is 6.04 Å². The highest BCUT2D eigenvalue weighted by atomic mass is 15.3. The van der Waals surface area contributed by atoms with Crippen molar-refractivity contribution in [1.82, 2.24) is 15.2 Å². The predicted molar refractivity (Wildman–Crippen MR) is 85.3 cm³/mol. The first-order chi connectivity index (χ1) is 9.74. The van der Waals surface area contributed by atoms with Crippen molar-refractivity contribution < 1.29 is 0 Å². The molecule has 4 heteroatoms. The topological polar surface area (TPSA) is 31.4 Å². The minimum absolute atomic E-state index is 0.392. The Labute approximate surface area is 123 Å². The molecule has 0 bridgehead atoms. The quantitative estimate of drug-likeness (QED) is 0.864. The number of pyridine rings is 1. The first-order valence-electron chi connectivity index (χ1n) is 7.91. The molecular weight excluding hydrogens is 248 g/mol. The van der Waals surface area contributed by atoms with Gasteiger partial charge in [-0.05, 0) is 44.1 Å². The molecule has 2 rings (SSSR count). The molecule has 0 spiro atoms.